The predicted octanol–water partition coefficient (Wildman–Crippen LogP) is 3.99. The van der Waals surface area contributed by atoms with E-state index in [0.717, 1.165) is 5.56 Å². The summed E-state index contributed by atoms with van der Waals surface area (Å²) in [5, 5.41) is 25.2. The number of aliphatic hydroxyl groups is 1. The van der Waals surface area contributed by atoms with Crippen LogP contribution in [0.15, 0.2) is 77.9 Å². The molecular formula is C21H16I2N2O3. The van der Waals surface area contributed by atoms with Crippen LogP contribution >= 0.6 is 45.2 Å². The van der Waals surface area contributed by atoms with Gasteiger partial charge in [0, 0.05) is 0 Å². The Morgan fingerprint density at radius 2 is 1.39 bits per heavy atom. The molecule has 0 aliphatic rings. The lowest BCUT2D eigenvalue weighted by Gasteiger charge is -2.27. The number of nitrogens with zero attached hydrogens (tertiary/aromatic N) is 1. The molecule has 0 unspecified atom stereocenters. The molecule has 3 aromatic carbocycles. The van der Waals surface area contributed by atoms with Crippen LogP contribution in [0.2, 0.25) is 0 Å². The summed E-state index contributed by atoms with van der Waals surface area (Å²) in [6.07, 6.45) is 1.47. The number of phenols is 1. The van der Waals surface area contributed by atoms with E-state index < -0.39 is 11.5 Å². The number of aromatic hydroxyl groups is 1. The van der Waals surface area contributed by atoms with Gasteiger partial charge in [-0.15, -0.1) is 0 Å². The van der Waals surface area contributed by atoms with Crippen molar-refractivity contribution >= 4 is 57.3 Å². The molecule has 3 aromatic rings. The third kappa shape index (κ3) is 4.36. The lowest BCUT2D eigenvalue weighted by atomic mass is 9.85. The van der Waals surface area contributed by atoms with Gasteiger partial charge in [-0.1, -0.05) is 60.7 Å². The fourth-order valence-electron chi connectivity index (χ4n) is 2.69. The molecule has 3 rings (SSSR count). The van der Waals surface area contributed by atoms with Crippen LogP contribution in [0.5, 0.6) is 5.75 Å². The average molecular weight is 598 g/mol. The zero-order chi connectivity index (χ0) is 20.1. The number of rotatable bonds is 5. The summed E-state index contributed by atoms with van der Waals surface area (Å²) >= 11 is 4.05. The van der Waals surface area contributed by atoms with E-state index in [-0.39, 0.29) is 5.75 Å². The topological polar surface area (TPSA) is 81.9 Å². The highest BCUT2D eigenvalue weighted by atomic mass is 127. The second-order valence-corrected chi connectivity index (χ2v) is 8.30. The molecule has 0 aliphatic heterocycles. The third-order valence-corrected chi connectivity index (χ3v) is 5.78. The Labute approximate surface area is 189 Å². The number of amides is 1. The smallest absolute Gasteiger partial charge is 0.281 e. The van der Waals surface area contributed by atoms with Crippen LogP contribution in [0.1, 0.15) is 16.7 Å². The molecule has 28 heavy (non-hydrogen) atoms. The Morgan fingerprint density at radius 3 is 1.86 bits per heavy atom. The first kappa shape index (κ1) is 20.7. The van der Waals surface area contributed by atoms with Gasteiger partial charge in [-0.2, -0.15) is 5.10 Å². The minimum Gasteiger partial charge on any atom is -0.506 e. The summed E-state index contributed by atoms with van der Waals surface area (Å²) in [5.41, 5.74) is 2.17. The van der Waals surface area contributed by atoms with Crippen molar-refractivity contribution in [3.8, 4) is 5.75 Å². The molecular weight excluding hydrogens is 582 g/mol. The van der Waals surface area contributed by atoms with Crippen molar-refractivity contribution in [3.63, 3.8) is 0 Å². The third-order valence-electron chi connectivity index (χ3n) is 4.13. The molecule has 0 fully saturated rings. The van der Waals surface area contributed by atoms with Gasteiger partial charge in [0.15, 0.2) is 5.60 Å². The Bertz CT molecular complexity index is 946. The highest BCUT2D eigenvalue weighted by molar-refractivity contribution is 14.1. The predicted molar refractivity (Wildman–Crippen MR) is 125 cm³/mol. The normalized spacial score (nSPS) is 11.5. The van der Waals surface area contributed by atoms with Crippen LogP contribution in [-0.2, 0) is 10.4 Å². The van der Waals surface area contributed by atoms with E-state index in [9.17, 15) is 15.0 Å². The first-order valence-corrected chi connectivity index (χ1v) is 10.4. The zero-order valence-electron chi connectivity index (χ0n) is 14.5. The van der Waals surface area contributed by atoms with Gasteiger partial charge in [0.25, 0.3) is 5.91 Å². The van der Waals surface area contributed by atoms with Gasteiger partial charge in [0.05, 0.1) is 13.4 Å². The second-order valence-electron chi connectivity index (χ2n) is 5.97. The van der Waals surface area contributed by atoms with Crippen LogP contribution < -0.4 is 5.43 Å². The van der Waals surface area contributed by atoms with Gasteiger partial charge in [0.2, 0.25) is 0 Å². The number of carbonyl (C=O) groups is 1. The van der Waals surface area contributed by atoms with Crippen LogP contribution in [-0.4, -0.2) is 22.3 Å². The standard InChI is InChI=1S/C21H16I2N2O3/c22-17-11-14(12-18(23)19(17)26)13-24-25-20(27)21(28,15-7-3-1-4-8-15)16-9-5-2-6-10-16/h1-13,26,28H,(H,25,27)/b24-13+. The van der Waals surface area contributed by atoms with Crippen LogP contribution in [0.3, 0.4) is 0 Å². The van der Waals surface area contributed by atoms with Gasteiger partial charge in [-0.3, -0.25) is 4.79 Å². The fraction of sp³-hybridized carbons (Fsp3) is 0.0476. The summed E-state index contributed by atoms with van der Waals surface area (Å²) in [4.78, 5) is 12.9. The summed E-state index contributed by atoms with van der Waals surface area (Å²) in [7, 11) is 0. The quantitative estimate of drug-likeness (QED) is 0.236. The summed E-state index contributed by atoms with van der Waals surface area (Å²) < 4.78 is 1.37. The van der Waals surface area contributed by atoms with Crippen molar-refractivity contribution in [2.45, 2.75) is 5.60 Å². The highest BCUT2D eigenvalue weighted by Gasteiger charge is 2.39. The largest absolute Gasteiger partial charge is 0.506 e. The lowest BCUT2D eigenvalue weighted by Crippen LogP contribution is -2.43. The Kier molecular flexibility index (Phi) is 6.68. The summed E-state index contributed by atoms with van der Waals surface area (Å²) in [5.74, 6) is -0.450. The number of hydrogen-bond acceptors (Lipinski definition) is 4. The molecule has 3 N–H and O–H groups in total. The Balaban J connectivity index is 1.89. The van der Waals surface area contributed by atoms with Gasteiger partial charge in [0.1, 0.15) is 5.75 Å². The first-order valence-electron chi connectivity index (χ1n) is 8.28. The maximum Gasteiger partial charge on any atom is 0.281 e. The maximum absolute atomic E-state index is 12.9. The molecule has 0 saturated carbocycles. The van der Waals surface area contributed by atoms with E-state index >= 15 is 0 Å². The molecule has 0 atom stereocenters. The molecule has 142 valence electrons. The van der Waals surface area contributed by atoms with Crippen molar-refractivity contribution in [1.82, 2.24) is 5.43 Å². The SMILES string of the molecule is O=C(N/N=C/c1cc(I)c(O)c(I)c1)C(O)(c1ccccc1)c1ccccc1. The van der Waals surface area contributed by atoms with E-state index in [1.807, 2.05) is 57.3 Å². The molecule has 0 bridgehead atoms. The van der Waals surface area contributed by atoms with Crippen LogP contribution in [0, 0.1) is 7.14 Å². The molecule has 7 heteroatoms. The van der Waals surface area contributed by atoms with E-state index in [1.54, 1.807) is 60.7 Å². The molecule has 0 aromatic heterocycles. The minimum atomic E-state index is -1.88. The van der Waals surface area contributed by atoms with E-state index in [4.69, 9.17) is 0 Å². The molecule has 1 amide bonds. The van der Waals surface area contributed by atoms with Gasteiger partial charge in [-0.25, -0.2) is 5.43 Å². The molecule has 0 aliphatic carbocycles. The Morgan fingerprint density at radius 1 is 0.929 bits per heavy atom. The van der Waals surface area contributed by atoms with Crippen molar-refractivity contribution in [3.05, 3.63) is 96.6 Å². The maximum atomic E-state index is 12.9. The summed E-state index contributed by atoms with van der Waals surface area (Å²) in [6, 6.07) is 21.0. The molecule has 0 heterocycles. The van der Waals surface area contributed by atoms with Crippen molar-refractivity contribution in [2.75, 3.05) is 0 Å². The van der Waals surface area contributed by atoms with Crippen molar-refractivity contribution < 1.29 is 15.0 Å². The first-order chi connectivity index (χ1) is 13.4. The number of hydrazone groups is 1. The summed E-state index contributed by atoms with van der Waals surface area (Å²) in [6.45, 7) is 0. The number of carbonyl (C=O) groups excluding carboxylic acids is 1. The number of phenolic OH excluding ortho intramolecular Hbond substituents is 1. The van der Waals surface area contributed by atoms with Crippen LogP contribution in [0.25, 0.3) is 0 Å². The number of halogens is 2. The minimum absolute atomic E-state index is 0.213. The van der Waals surface area contributed by atoms with Crippen molar-refractivity contribution in [2.24, 2.45) is 5.10 Å². The average Bonchev–Trinajstić information content (AvgIpc) is 2.72. The number of nitrogens with one attached hydrogen (secondary N) is 1. The molecule has 0 radical (unpaired) electrons. The van der Waals surface area contributed by atoms with E-state index in [0.29, 0.717) is 18.3 Å². The Hall–Kier alpha value is -1.98. The second kappa shape index (κ2) is 9.01. The van der Waals surface area contributed by atoms with Crippen molar-refractivity contribution in [1.29, 1.82) is 0 Å². The molecule has 0 spiro atoms. The van der Waals surface area contributed by atoms with Crippen LogP contribution in [0.4, 0.5) is 0 Å². The van der Waals surface area contributed by atoms with Gasteiger partial charge in [-0.05, 0) is 74.0 Å². The van der Waals surface area contributed by atoms with E-state index in [2.05, 4.69) is 10.5 Å². The monoisotopic (exact) mass is 598 g/mol. The molecule has 0 saturated heterocycles. The lowest BCUT2D eigenvalue weighted by molar-refractivity contribution is -0.136. The number of hydrogen-bond donors (Lipinski definition) is 3. The number of benzene rings is 3. The van der Waals surface area contributed by atoms with E-state index in [1.165, 1.54) is 6.21 Å². The van der Waals surface area contributed by atoms with Gasteiger partial charge < -0.3 is 10.2 Å². The fourth-order valence-corrected chi connectivity index (χ4v) is 4.51. The zero-order valence-corrected chi connectivity index (χ0v) is 18.8. The highest BCUT2D eigenvalue weighted by Crippen LogP contribution is 2.30. The van der Waals surface area contributed by atoms with Gasteiger partial charge >= 0.3 is 0 Å². The molecule has 5 nitrogen and oxygen atoms in total.